The predicted molar refractivity (Wildman–Crippen MR) is 88.6 cm³/mol. The summed E-state index contributed by atoms with van der Waals surface area (Å²) in [6.45, 7) is 2.04. The summed E-state index contributed by atoms with van der Waals surface area (Å²) in [6, 6.07) is 1.46. The zero-order valence-electron chi connectivity index (χ0n) is 12.8. The summed E-state index contributed by atoms with van der Waals surface area (Å²) in [4.78, 5) is 10.5. The summed E-state index contributed by atoms with van der Waals surface area (Å²) < 4.78 is 41.9. The van der Waals surface area contributed by atoms with Gasteiger partial charge in [-0.25, -0.2) is 4.79 Å². The molecule has 0 bridgehead atoms. The van der Waals surface area contributed by atoms with Crippen LogP contribution in [-0.4, -0.2) is 38.5 Å². The third-order valence-electron chi connectivity index (χ3n) is 2.50. The van der Waals surface area contributed by atoms with Gasteiger partial charge in [0.2, 0.25) is 0 Å². The first-order valence-corrected chi connectivity index (χ1v) is 7.72. The Labute approximate surface area is 159 Å². The first kappa shape index (κ1) is 22.0. The van der Waals surface area contributed by atoms with Gasteiger partial charge in [-0.1, -0.05) is 28.4 Å². The molecular formula is C13H10Cl3F3N4O3. The van der Waals surface area contributed by atoms with Crippen molar-refractivity contribution >= 4 is 46.4 Å². The van der Waals surface area contributed by atoms with Crippen molar-refractivity contribution in [3.8, 4) is 5.69 Å². The highest BCUT2D eigenvalue weighted by Crippen LogP contribution is 2.36. The summed E-state index contributed by atoms with van der Waals surface area (Å²) in [7, 11) is 0. The summed E-state index contributed by atoms with van der Waals surface area (Å²) >= 11 is 16.3. The van der Waals surface area contributed by atoms with Crippen molar-refractivity contribution in [1.82, 2.24) is 15.0 Å². The Kier molecular flexibility index (Phi) is 8.12. The summed E-state index contributed by atoms with van der Waals surface area (Å²) in [5, 5.41) is 18.2. The summed E-state index contributed by atoms with van der Waals surface area (Å²) in [5.74, 6) is 0. The van der Waals surface area contributed by atoms with Crippen LogP contribution in [0.15, 0.2) is 23.5 Å². The number of oxime groups is 1. The number of hydrogen-bond donors (Lipinski definition) is 1. The molecule has 0 aliphatic heterocycles. The van der Waals surface area contributed by atoms with Crippen molar-refractivity contribution in [2.24, 2.45) is 5.16 Å². The Balaban J connectivity index is 0.000000487. The average molecular weight is 434 g/mol. The lowest BCUT2D eigenvalue weighted by molar-refractivity contribution is -0.137. The van der Waals surface area contributed by atoms with Crippen molar-refractivity contribution in [3.05, 3.63) is 39.6 Å². The smallest absolute Gasteiger partial charge is 0.416 e. The Morgan fingerprint density at radius 1 is 1.38 bits per heavy atom. The zero-order chi connectivity index (χ0) is 19.9. The van der Waals surface area contributed by atoms with Crippen molar-refractivity contribution in [2.45, 2.75) is 13.1 Å². The monoisotopic (exact) mass is 432 g/mol. The summed E-state index contributed by atoms with van der Waals surface area (Å²) in [5.41, 5.74) is -1.53. The molecule has 1 aromatic heterocycles. The van der Waals surface area contributed by atoms with Gasteiger partial charge in [0.25, 0.3) is 0 Å². The molecule has 7 nitrogen and oxygen atoms in total. The Morgan fingerprint density at radius 3 is 2.35 bits per heavy atom. The van der Waals surface area contributed by atoms with E-state index in [1.54, 1.807) is 6.92 Å². The third kappa shape index (κ3) is 6.36. The van der Waals surface area contributed by atoms with Crippen molar-refractivity contribution < 1.29 is 27.9 Å². The lowest BCUT2D eigenvalue weighted by atomic mass is 10.2. The van der Waals surface area contributed by atoms with E-state index in [4.69, 9.17) is 40.0 Å². The number of alkyl halides is 3. The molecule has 2 aromatic rings. The second-order valence-electron chi connectivity index (χ2n) is 4.26. The fourth-order valence-corrected chi connectivity index (χ4v) is 2.28. The van der Waals surface area contributed by atoms with Crippen LogP contribution >= 0.6 is 34.8 Å². The van der Waals surface area contributed by atoms with Gasteiger partial charge in [-0.05, 0) is 19.1 Å². The van der Waals surface area contributed by atoms with Crippen LogP contribution in [0, 0.1) is 0 Å². The molecule has 0 saturated heterocycles. The Morgan fingerprint density at radius 2 is 1.96 bits per heavy atom. The number of rotatable bonds is 3. The van der Waals surface area contributed by atoms with Gasteiger partial charge in [-0.3, -0.25) is 0 Å². The van der Waals surface area contributed by atoms with E-state index in [9.17, 15) is 18.0 Å². The first-order valence-electron chi connectivity index (χ1n) is 6.58. The zero-order valence-corrected chi connectivity index (χ0v) is 15.1. The molecule has 0 unspecified atom stereocenters. The van der Waals surface area contributed by atoms with Gasteiger partial charge < -0.3 is 9.94 Å². The van der Waals surface area contributed by atoms with Gasteiger partial charge in [-0.2, -0.15) is 18.3 Å². The number of hydrogen-bond acceptors (Lipinski definition) is 6. The minimum Gasteiger partial charge on any atom is -0.454 e. The van der Waals surface area contributed by atoms with Crippen LogP contribution in [0.1, 0.15) is 18.2 Å². The molecule has 2 rings (SSSR count). The molecule has 0 saturated carbocycles. The van der Waals surface area contributed by atoms with E-state index in [2.05, 4.69) is 20.1 Å². The molecule has 142 valence electrons. The van der Waals surface area contributed by atoms with Crippen molar-refractivity contribution in [3.63, 3.8) is 0 Å². The molecule has 0 radical (unpaired) electrons. The molecule has 0 spiro atoms. The van der Waals surface area contributed by atoms with Crippen LogP contribution < -0.4 is 0 Å². The van der Waals surface area contributed by atoms with E-state index in [-0.39, 0.29) is 21.4 Å². The Hall–Kier alpha value is -2.04. The van der Waals surface area contributed by atoms with Crippen LogP contribution in [0.3, 0.4) is 0 Å². The maximum atomic E-state index is 12.6. The van der Waals surface area contributed by atoms with E-state index in [1.165, 1.54) is 6.20 Å². The van der Waals surface area contributed by atoms with Gasteiger partial charge in [0.15, 0.2) is 0 Å². The molecule has 1 N–H and O–H groups in total. The second kappa shape index (κ2) is 9.60. The van der Waals surface area contributed by atoms with E-state index >= 15 is 0 Å². The fourth-order valence-electron chi connectivity index (χ4n) is 1.53. The second-order valence-corrected chi connectivity index (χ2v) is 5.38. The number of carbonyl (C=O) groups is 1. The SMILES string of the molecule is CCOC(=O)Cl.ON=Cc1cnn(-c2c(Cl)cc(C(F)(F)F)cc2Cl)n1. The highest BCUT2D eigenvalue weighted by molar-refractivity contribution is 6.61. The lowest BCUT2D eigenvalue weighted by Gasteiger charge is -2.11. The van der Waals surface area contributed by atoms with Gasteiger partial charge in [-0.15, -0.1) is 9.90 Å². The molecule has 1 heterocycles. The number of ether oxygens (including phenoxy) is 1. The van der Waals surface area contributed by atoms with Crippen LogP contribution in [0.2, 0.25) is 10.0 Å². The van der Waals surface area contributed by atoms with Gasteiger partial charge in [0.05, 0.1) is 34.6 Å². The number of nitrogens with zero attached hydrogens (tertiary/aromatic N) is 4. The molecule has 13 heteroatoms. The number of halogens is 6. The number of benzene rings is 1. The van der Waals surface area contributed by atoms with E-state index < -0.39 is 17.2 Å². The minimum absolute atomic E-state index is 0.000997. The molecular weight excluding hydrogens is 424 g/mol. The molecule has 0 fully saturated rings. The predicted octanol–water partition coefficient (Wildman–Crippen LogP) is 4.78. The molecule has 1 aromatic carbocycles. The van der Waals surface area contributed by atoms with Crippen LogP contribution in [0.5, 0.6) is 0 Å². The standard InChI is InChI=1S/C10H5Cl2F3N4O.C3H5ClO2/c11-7-1-5(10(13,14)15)2-8(12)9(7)19-16-3-6(18-19)4-17-20;1-2-6-3(4)5/h1-4,20H;2H2,1H3. The van der Waals surface area contributed by atoms with E-state index in [1.807, 2.05) is 0 Å². The molecule has 0 aliphatic carbocycles. The normalized spacial score (nSPS) is 11.2. The maximum absolute atomic E-state index is 12.6. The minimum atomic E-state index is -4.56. The average Bonchev–Trinajstić information content (AvgIpc) is 2.94. The van der Waals surface area contributed by atoms with Gasteiger partial charge in [0.1, 0.15) is 11.4 Å². The van der Waals surface area contributed by atoms with Crippen molar-refractivity contribution in [1.29, 1.82) is 0 Å². The molecule has 0 amide bonds. The first-order chi connectivity index (χ1) is 12.1. The third-order valence-corrected chi connectivity index (χ3v) is 3.19. The number of carbonyl (C=O) groups excluding carboxylic acids is 1. The van der Waals surface area contributed by atoms with Gasteiger partial charge >= 0.3 is 11.6 Å². The number of aromatic nitrogens is 3. The highest BCUT2D eigenvalue weighted by Gasteiger charge is 2.32. The van der Waals surface area contributed by atoms with Crippen LogP contribution in [-0.2, 0) is 10.9 Å². The van der Waals surface area contributed by atoms with Crippen LogP contribution in [0.4, 0.5) is 18.0 Å². The highest BCUT2D eigenvalue weighted by atomic mass is 35.5. The van der Waals surface area contributed by atoms with Crippen molar-refractivity contribution in [2.75, 3.05) is 6.61 Å². The van der Waals surface area contributed by atoms with Gasteiger partial charge in [0, 0.05) is 11.6 Å². The largest absolute Gasteiger partial charge is 0.454 e. The molecule has 0 atom stereocenters. The Bertz CT molecular complexity index is 773. The van der Waals surface area contributed by atoms with Crippen LogP contribution in [0.25, 0.3) is 5.69 Å². The topological polar surface area (TPSA) is 89.6 Å². The van der Waals surface area contributed by atoms with E-state index in [0.717, 1.165) is 23.1 Å². The van der Waals surface area contributed by atoms with E-state index in [0.29, 0.717) is 6.61 Å². The quantitative estimate of drug-likeness (QED) is 0.325. The summed E-state index contributed by atoms with van der Waals surface area (Å²) in [6.07, 6.45) is -2.34. The maximum Gasteiger partial charge on any atom is 0.416 e. The molecule has 0 aliphatic rings. The fraction of sp³-hybridized carbons (Fsp3) is 0.231. The lowest BCUT2D eigenvalue weighted by Crippen LogP contribution is -2.08. The molecule has 26 heavy (non-hydrogen) atoms.